The van der Waals surface area contributed by atoms with Gasteiger partial charge >= 0.3 is 6.18 Å². The molecule has 0 spiro atoms. The van der Waals surface area contributed by atoms with Crippen molar-refractivity contribution in [2.24, 2.45) is 0 Å². The van der Waals surface area contributed by atoms with Crippen LogP contribution in [0.25, 0.3) is 0 Å². The molecule has 1 N–H and O–H groups in total. The molecule has 2 aromatic rings. The molecule has 0 radical (unpaired) electrons. The minimum absolute atomic E-state index is 0.0343. The van der Waals surface area contributed by atoms with E-state index >= 15 is 0 Å². The molecule has 1 aliphatic rings. The molecule has 0 aliphatic carbocycles. The third-order valence-corrected chi connectivity index (χ3v) is 4.08. The number of hydrogen-bond acceptors (Lipinski definition) is 4. The lowest BCUT2D eigenvalue weighted by Crippen LogP contribution is -2.27. The van der Waals surface area contributed by atoms with Crippen molar-refractivity contribution in [3.8, 4) is 0 Å². The fourth-order valence-electron chi connectivity index (χ4n) is 2.81. The van der Waals surface area contributed by atoms with Gasteiger partial charge in [-0.3, -0.25) is 4.90 Å². The quantitative estimate of drug-likeness (QED) is 0.928. The topological polar surface area (TPSA) is 41.0 Å². The Morgan fingerprint density at radius 2 is 1.96 bits per heavy atom. The van der Waals surface area contributed by atoms with Crippen LogP contribution in [-0.4, -0.2) is 34.0 Å². The molecule has 24 heavy (non-hydrogen) atoms. The summed E-state index contributed by atoms with van der Waals surface area (Å²) in [7, 11) is 0. The summed E-state index contributed by atoms with van der Waals surface area (Å²) in [5.41, 5.74) is 1.53. The smallest absolute Gasteiger partial charge is 0.350 e. The van der Waals surface area contributed by atoms with E-state index in [1.165, 1.54) is 11.1 Å². The first-order chi connectivity index (χ1) is 11.4. The van der Waals surface area contributed by atoms with Crippen LogP contribution in [0.4, 0.5) is 19.1 Å². The van der Waals surface area contributed by atoms with Crippen molar-refractivity contribution in [1.82, 2.24) is 14.9 Å². The molecule has 2 heterocycles. The highest BCUT2D eigenvalue weighted by Crippen LogP contribution is 2.27. The van der Waals surface area contributed by atoms with Crippen LogP contribution in [-0.2, 0) is 12.7 Å². The molecule has 1 aromatic carbocycles. The van der Waals surface area contributed by atoms with E-state index < -0.39 is 11.9 Å². The summed E-state index contributed by atoms with van der Waals surface area (Å²) in [6.07, 6.45) is -2.46. The third kappa shape index (κ3) is 4.23. The molecule has 0 amide bonds. The Morgan fingerprint density at radius 1 is 1.21 bits per heavy atom. The summed E-state index contributed by atoms with van der Waals surface area (Å²) in [5.74, 6) is 0.0343. The number of likely N-dealkylation sites (tertiary alicyclic amines) is 1. The van der Waals surface area contributed by atoms with Gasteiger partial charge in [-0.25, -0.2) is 9.97 Å². The lowest BCUT2D eigenvalue weighted by atomic mass is 10.1. The third-order valence-electron chi connectivity index (χ3n) is 4.08. The molecule has 7 heteroatoms. The van der Waals surface area contributed by atoms with E-state index in [0.717, 1.165) is 38.3 Å². The summed E-state index contributed by atoms with van der Waals surface area (Å²) in [6.45, 7) is 4.54. The molecule has 0 saturated carbocycles. The minimum atomic E-state index is -4.45. The number of aromatic nitrogens is 2. The van der Waals surface area contributed by atoms with Crippen molar-refractivity contribution in [1.29, 1.82) is 0 Å². The largest absolute Gasteiger partial charge is 0.433 e. The number of anilines is 1. The van der Waals surface area contributed by atoms with Crippen LogP contribution in [0.5, 0.6) is 0 Å². The Balaban J connectivity index is 1.57. The van der Waals surface area contributed by atoms with Crippen molar-refractivity contribution in [2.45, 2.75) is 32.1 Å². The average Bonchev–Trinajstić information content (AvgIpc) is 2.96. The molecule has 1 fully saturated rings. The van der Waals surface area contributed by atoms with Gasteiger partial charge in [-0.1, -0.05) is 29.8 Å². The van der Waals surface area contributed by atoms with E-state index in [-0.39, 0.29) is 12.0 Å². The van der Waals surface area contributed by atoms with Gasteiger partial charge in [0.2, 0.25) is 5.95 Å². The zero-order valence-corrected chi connectivity index (χ0v) is 13.3. The number of alkyl halides is 3. The highest BCUT2D eigenvalue weighted by atomic mass is 19.4. The maximum Gasteiger partial charge on any atom is 0.433 e. The van der Waals surface area contributed by atoms with Crippen molar-refractivity contribution in [2.75, 3.05) is 18.4 Å². The van der Waals surface area contributed by atoms with Gasteiger partial charge < -0.3 is 5.32 Å². The zero-order chi connectivity index (χ0) is 17.2. The van der Waals surface area contributed by atoms with E-state index in [4.69, 9.17) is 0 Å². The van der Waals surface area contributed by atoms with Crippen LogP contribution >= 0.6 is 0 Å². The first kappa shape index (κ1) is 16.7. The van der Waals surface area contributed by atoms with E-state index in [1.54, 1.807) is 0 Å². The number of nitrogens with zero attached hydrogens (tertiary/aromatic N) is 3. The van der Waals surface area contributed by atoms with Crippen LogP contribution in [0.2, 0.25) is 0 Å². The second kappa shape index (κ2) is 6.76. The van der Waals surface area contributed by atoms with Gasteiger partial charge in [-0.15, -0.1) is 0 Å². The fraction of sp³-hybridized carbons (Fsp3) is 0.412. The van der Waals surface area contributed by atoms with Gasteiger partial charge in [0.05, 0.1) is 0 Å². The molecule has 3 rings (SSSR count). The molecule has 1 unspecified atom stereocenters. The van der Waals surface area contributed by atoms with Gasteiger partial charge in [0.25, 0.3) is 0 Å². The monoisotopic (exact) mass is 336 g/mol. The average molecular weight is 336 g/mol. The molecule has 0 bridgehead atoms. The van der Waals surface area contributed by atoms with Crippen LogP contribution in [0.1, 0.15) is 23.2 Å². The number of halogens is 3. The van der Waals surface area contributed by atoms with E-state index in [0.29, 0.717) is 0 Å². The highest BCUT2D eigenvalue weighted by molar-refractivity contribution is 5.28. The molecular weight excluding hydrogens is 317 g/mol. The molecule has 4 nitrogen and oxygen atoms in total. The van der Waals surface area contributed by atoms with Crippen molar-refractivity contribution in [3.63, 3.8) is 0 Å². The summed E-state index contributed by atoms with van der Waals surface area (Å²) >= 11 is 0. The predicted molar refractivity (Wildman–Crippen MR) is 85.5 cm³/mol. The number of hydrogen-bond donors (Lipinski definition) is 1. The second-order valence-corrected chi connectivity index (χ2v) is 6.11. The lowest BCUT2D eigenvalue weighted by Gasteiger charge is -2.17. The molecule has 1 saturated heterocycles. The highest BCUT2D eigenvalue weighted by Gasteiger charge is 2.33. The summed E-state index contributed by atoms with van der Waals surface area (Å²) < 4.78 is 38.1. The van der Waals surface area contributed by atoms with Crippen LogP contribution in [0.3, 0.4) is 0 Å². The Hall–Kier alpha value is -2.15. The lowest BCUT2D eigenvalue weighted by molar-refractivity contribution is -0.141. The maximum atomic E-state index is 12.7. The molecule has 128 valence electrons. The van der Waals surface area contributed by atoms with Crippen molar-refractivity contribution in [3.05, 3.63) is 53.3 Å². The van der Waals surface area contributed by atoms with E-state index in [2.05, 4.69) is 51.4 Å². The molecular formula is C17H19F3N4. The first-order valence-electron chi connectivity index (χ1n) is 7.85. The second-order valence-electron chi connectivity index (χ2n) is 6.11. The van der Waals surface area contributed by atoms with Crippen LogP contribution in [0.15, 0.2) is 36.5 Å². The zero-order valence-electron chi connectivity index (χ0n) is 13.3. The first-order valence-corrected chi connectivity index (χ1v) is 7.85. The Bertz CT molecular complexity index is 685. The van der Waals surface area contributed by atoms with Gasteiger partial charge in [-0.05, 0) is 25.0 Å². The summed E-state index contributed by atoms with van der Waals surface area (Å²) in [5, 5.41) is 3.01. The summed E-state index contributed by atoms with van der Waals surface area (Å²) in [6, 6.07) is 9.30. The predicted octanol–water partition coefficient (Wildman–Crippen LogP) is 3.49. The number of nitrogens with one attached hydrogen (secondary N) is 1. The van der Waals surface area contributed by atoms with Crippen molar-refractivity contribution >= 4 is 5.95 Å². The van der Waals surface area contributed by atoms with Gasteiger partial charge in [0.15, 0.2) is 0 Å². The maximum absolute atomic E-state index is 12.7. The van der Waals surface area contributed by atoms with E-state index in [1.807, 2.05) is 0 Å². The minimum Gasteiger partial charge on any atom is -0.350 e. The van der Waals surface area contributed by atoms with Gasteiger partial charge in [-0.2, -0.15) is 13.2 Å². The standard InChI is InChI=1S/C17H19F3N4/c1-12-2-4-13(5-3-12)10-24-9-7-14(11-24)22-16-21-8-6-15(23-16)17(18,19)20/h2-6,8,14H,7,9-11H2,1H3,(H,21,22,23). The van der Waals surface area contributed by atoms with Gasteiger partial charge in [0.1, 0.15) is 5.69 Å². The Kier molecular flexibility index (Phi) is 4.71. The van der Waals surface area contributed by atoms with Crippen LogP contribution < -0.4 is 5.32 Å². The Morgan fingerprint density at radius 3 is 2.67 bits per heavy atom. The normalized spacial score (nSPS) is 18.8. The number of benzene rings is 1. The van der Waals surface area contributed by atoms with Crippen LogP contribution in [0, 0.1) is 6.92 Å². The number of aryl methyl sites for hydroxylation is 1. The summed E-state index contributed by atoms with van der Waals surface area (Å²) in [4.78, 5) is 9.73. The van der Waals surface area contributed by atoms with E-state index in [9.17, 15) is 13.2 Å². The van der Waals surface area contributed by atoms with Crippen molar-refractivity contribution < 1.29 is 13.2 Å². The molecule has 1 aromatic heterocycles. The Labute approximate surface area is 138 Å². The SMILES string of the molecule is Cc1ccc(CN2CCC(Nc3nccc(C(F)(F)F)n3)C2)cc1. The fourth-order valence-corrected chi connectivity index (χ4v) is 2.81. The van der Waals surface area contributed by atoms with Gasteiger partial charge in [0, 0.05) is 31.9 Å². The number of rotatable bonds is 4. The molecule has 1 aliphatic heterocycles. The molecule has 1 atom stereocenters.